The molecule has 0 aromatic carbocycles. The van der Waals surface area contributed by atoms with Crippen LogP contribution in [-0.4, -0.2) is 62.1 Å². The number of rotatable bonds is 5. The lowest BCUT2D eigenvalue weighted by molar-refractivity contribution is -0.885. The Kier molecular flexibility index (Phi) is 9.12. The molecule has 0 spiro atoms. The summed E-state index contributed by atoms with van der Waals surface area (Å²) >= 11 is 4.62. The van der Waals surface area contributed by atoms with Crippen molar-refractivity contribution in [2.24, 2.45) is 0 Å². The van der Waals surface area contributed by atoms with E-state index in [2.05, 4.69) is 25.0 Å². The minimum absolute atomic E-state index is 0.310. The van der Waals surface area contributed by atoms with Gasteiger partial charge in [-0.1, -0.05) is 0 Å². The van der Waals surface area contributed by atoms with Crippen LogP contribution in [0.15, 0.2) is 0 Å². The Labute approximate surface area is 142 Å². The van der Waals surface area contributed by atoms with Gasteiger partial charge in [0.1, 0.15) is 12.0 Å². The van der Waals surface area contributed by atoms with Crippen molar-refractivity contribution in [1.82, 2.24) is 5.32 Å². The van der Waals surface area contributed by atoms with Gasteiger partial charge in [-0.2, -0.15) is 25.8 Å². The molecule has 1 amide bonds. The van der Waals surface area contributed by atoms with E-state index < -0.39 is 28.9 Å². The molecule has 0 aliphatic carbocycles. The normalized spacial score (nSPS) is 24.8. The number of carboxylic acids is 1. The predicted octanol–water partition coefficient (Wildman–Crippen LogP) is -2.06. The van der Waals surface area contributed by atoms with E-state index in [1.807, 2.05) is 0 Å². The first-order valence-electron chi connectivity index (χ1n) is 7.16. The molecule has 1 unspecified atom stereocenters. The first-order chi connectivity index (χ1) is 11.0. The fraction of sp³-hybridized carbons (Fsp3) is 0.769. The topological polar surface area (TPSA) is 100.0 Å². The van der Waals surface area contributed by atoms with Gasteiger partial charge < -0.3 is 24.9 Å². The second-order valence-electron chi connectivity index (χ2n) is 5.32. The molecule has 1 saturated heterocycles. The van der Waals surface area contributed by atoms with Crippen molar-refractivity contribution in [3.05, 3.63) is 0 Å². The summed E-state index contributed by atoms with van der Waals surface area (Å²) in [6, 6.07) is -0.656. The zero-order valence-electron chi connectivity index (χ0n) is 13.3. The number of quaternary nitrogens is 1. The summed E-state index contributed by atoms with van der Waals surface area (Å²) in [5.41, 5.74) is 0. The standard InChI is InChI=1S/C11H20N2O3S.C2HF3O2/c1-3-16-10(15)9(12-8-14)11(17)4-6-13(2)7-5-11;3-2(4,5)1(6)7/h8-9,17H,3-7H2,1-2H3,(H,12,14);(H,6,7). The predicted molar refractivity (Wildman–Crippen MR) is 78.3 cm³/mol. The SMILES string of the molecule is CCOC(=O)C(NC=O)C1(S)CC[NH+](C)CC1.O=C([O-])C(F)(F)F. The van der Waals surface area contributed by atoms with E-state index in [-0.39, 0.29) is 0 Å². The number of carbonyl (C=O) groups is 3. The van der Waals surface area contributed by atoms with E-state index in [4.69, 9.17) is 14.6 Å². The molecule has 1 atom stereocenters. The summed E-state index contributed by atoms with van der Waals surface area (Å²) < 4.78 is 36.0. The molecule has 2 N–H and O–H groups in total. The van der Waals surface area contributed by atoms with Crippen molar-refractivity contribution in [3.63, 3.8) is 0 Å². The van der Waals surface area contributed by atoms with Gasteiger partial charge in [-0.3, -0.25) is 4.79 Å². The van der Waals surface area contributed by atoms with E-state index in [0.717, 1.165) is 25.9 Å². The quantitative estimate of drug-likeness (QED) is 0.292. The lowest BCUT2D eigenvalue weighted by Gasteiger charge is -2.39. The van der Waals surface area contributed by atoms with Crippen LogP contribution in [0.1, 0.15) is 19.8 Å². The molecule has 0 aromatic rings. The van der Waals surface area contributed by atoms with E-state index in [9.17, 15) is 22.8 Å². The molecule has 1 aliphatic rings. The fourth-order valence-electron chi connectivity index (χ4n) is 2.13. The van der Waals surface area contributed by atoms with Crippen molar-refractivity contribution < 1.29 is 42.3 Å². The molecule has 0 saturated carbocycles. The third-order valence-electron chi connectivity index (χ3n) is 3.50. The number of piperidine rings is 1. The number of thiol groups is 1. The second-order valence-corrected chi connectivity index (χ2v) is 6.21. The Morgan fingerprint density at radius 3 is 2.21 bits per heavy atom. The molecule has 1 rings (SSSR count). The Bertz CT molecular complexity index is 440. The number of likely N-dealkylation sites (tertiary alicyclic amines) is 1. The van der Waals surface area contributed by atoms with Crippen LogP contribution in [0.4, 0.5) is 13.2 Å². The smallest absolute Gasteiger partial charge is 0.430 e. The van der Waals surface area contributed by atoms with Crippen LogP contribution in [0.25, 0.3) is 0 Å². The molecule has 24 heavy (non-hydrogen) atoms. The summed E-state index contributed by atoms with van der Waals surface area (Å²) in [6.45, 7) is 3.95. The zero-order valence-corrected chi connectivity index (χ0v) is 14.2. The van der Waals surface area contributed by atoms with E-state index >= 15 is 0 Å². The molecule has 1 aliphatic heterocycles. The lowest BCUT2D eigenvalue weighted by atomic mass is 9.88. The van der Waals surface area contributed by atoms with Gasteiger partial charge in [0.25, 0.3) is 0 Å². The summed E-state index contributed by atoms with van der Waals surface area (Å²) in [4.78, 5) is 32.6. The van der Waals surface area contributed by atoms with Gasteiger partial charge in [0.05, 0.1) is 31.5 Å². The van der Waals surface area contributed by atoms with E-state index in [1.54, 1.807) is 6.92 Å². The highest BCUT2D eigenvalue weighted by atomic mass is 32.1. The molecule has 140 valence electrons. The molecule has 1 fully saturated rings. The van der Waals surface area contributed by atoms with Gasteiger partial charge in [-0.15, -0.1) is 0 Å². The van der Waals surface area contributed by atoms with Crippen LogP contribution in [0, 0.1) is 0 Å². The summed E-state index contributed by atoms with van der Waals surface area (Å²) in [6.07, 6.45) is -3.08. The Morgan fingerprint density at radius 1 is 1.42 bits per heavy atom. The number of carboxylic acid groups (broad SMARTS) is 1. The Morgan fingerprint density at radius 2 is 1.88 bits per heavy atom. The van der Waals surface area contributed by atoms with Gasteiger partial charge in [-0.25, -0.2) is 4.79 Å². The lowest BCUT2D eigenvalue weighted by Crippen LogP contribution is -3.10. The number of alkyl halides is 3. The average molecular weight is 374 g/mol. The number of ether oxygens (including phenoxy) is 1. The first kappa shape index (κ1) is 22.5. The minimum Gasteiger partial charge on any atom is -0.542 e. The van der Waals surface area contributed by atoms with Gasteiger partial charge >= 0.3 is 12.1 Å². The van der Waals surface area contributed by atoms with E-state index in [0.29, 0.717) is 13.0 Å². The number of aliphatic carboxylic acids is 1. The Hall–Kier alpha value is -1.49. The van der Waals surface area contributed by atoms with Crippen molar-refractivity contribution in [2.75, 3.05) is 26.7 Å². The van der Waals surface area contributed by atoms with Crippen molar-refractivity contribution >= 4 is 31.0 Å². The molecular formula is C13H21F3N2O5S. The molecule has 0 aromatic heterocycles. The third kappa shape index (κ3) is 7.39. The maximum Gasteiger partial charge on any atom is 0.430 e. The van der Waals surface area contributed by atoms with Crippen LogP contribution in [0.2, 0.25) is 0 Å². The molecular weight excluding hydrogens is 353 g/mol. The molecule has 7 nitrogen and oxygen atoms in total. The van der Waals surface area contributed by atoms with Gasteiger partial charge in [0, 0.05) is 12.8 Å². The highest BCUT2D eigenvalue weighted by molar-refractivity contribution is 7.82. The maximum absolute atomic E-state index is 11.8. The van der Waals surface area contributed by atoms with Gasteiger partial charge in [0.15, 0.2) is 0 Å². The van der Waals surface area contributed by atoms with Crippen LogP contribution in [0.3, 0.4) is 0 Å². The van der Waals surface area contributed by atoms with E-state index in [1.165, 1.54) is 4.90 Å². The molecule has 0 radical (unpaired) electrons. The summed E-state index contributed by atoms with van der Waals surface area (Å²) in [5, 5.41) is 11.3. The van der Waals surface area contributed by atoms with Crippen LogP contribution in [0.5, 0.6) is 0 Å². The fourth-order valence-corrected chi connectivity index (χ4v) is 2.54. The van der Waals surface area contributed by atoms with Crippen LogP contribution in [-0.2, 0) is 19.1 Å². The number of halogens is 3. The molecule has 1 heterocycles. The number of hydrogen-bond acceptors (Lipinski definition) is 6. The number of nitrogens with one attached hydrogen (secondary N) is 2. The highest BCUT2D eigenvalue weighted by Crippen LogP contribution is 2.29. The van der Waals surface area contributed by atoms with Crippen molar-refractivity contribution in [3.8, 4) is 0 Å². The monoisotopic (exact) mass is 374 g/mol. The largest absolute Gasteiger partial charge is 0.542 e. The number of carbonyl (C=O) groups excluding carboxylic acids is 3. The van der Waals surface area contributed by atoms with Gasteiger partial charge in [0.2, 0.25) is 6.41 Å². The maximum atomic E-state index is 11.8. The van der Waals surface area contributed by atoms with Crippen LogP contribution >= 0.6 is 12.6 Å². The zero-order chi connectivity index (χ0) is 19.0. The number of esters is 1. The Balaban J connectivity index is 0.000000640. The van der Waals surface area contributed by atoms with Crippen molar-refractivity contribution in [1.29, 1.82) is 0 Å². The highest BCUT2D eigenvalue weighted by Gasteiger charge is 2.44. The van der Waals surface area contributed by atoms with Crippen LogP contribution < -0.4 is 15.3 Å². The van der Waals surface area contributed by atoms with Crippen molar-refractivity contribution in [2.45, 2.75) is 36.7 Å². The first-order valence-corrected chi connectivity index (χ1v) is 7.60. The van der Waals surface area contributed by atoms with Gasteiger partial charge in [-0.05, 0) is 6.92 Å². The summed E-state index contributed by atoms with van der Waals surface area (Å²) in [5.74, 6) is -3.40. The number of hydrogen-bond donors (Lipinski definition) is 3. The third-order valence-corrected chi connectivity index (χ3v) is 4.20. The molecule has 0 bridgehead atoms. The average Bonchev–Trinajstić information content (AvgIpc) is 2.48. The second kappa shape index (κ2) is 9.72. The number of amides is 1. The minimum atomic E-state index is -5.19. The molecule has 11 heteroatoms. The summed E-state index contributed by atoms with van der Waals surface area (Å²) in [7, 11) is 2.11.